The molecule has 248 valence electrons. The molecule has 0 saturated carbocycles. The summed E-state index contributed by atoms with van der Waals surface area (Å²) in [5.74, 6) is -0.593. The van der Waals surface area contributed by atoms with Gasteiger partial charge in [0.2, 0.25) is 0 Å². The molecule has 1 unspecified atom stereocenters. The number of aliphatic hydroxyl groups is 1. The van der Waals surface area contributed by atoms with E-state index in [1.807, 2.05) is 0 Å². The SMILES string of the molecule is CCCCCCCC/C=C\CCCCCCCC(=O)OC(CO)COC(=O)CCCCCCCCCCCCCCC. The molecule has 0 heterocycles. The summed E-state index contributed by atoms with van der Waals surface area (Å²) in [6.45, 7) is 4.13. The second kappa shape index (κ2) is 34.1. The van der Waals surface area contributed by atoms with E-state index in [-0.39, 0.29) is 25.2 Å². The van der Waals surface area contributed by atoms with Crippen LogP contribution in [-0.4, -0.2) is 36.4 Å². The third kappa shape index (κ3) is 31.6. The minimum absolute atomic E-state index is 0.0636. The molecule has 0 rings (SSSR count). The van der Waals surface area contributed by atoms with E-state index in [1.165, 1.54) is 122 Å². The standard InChI is InChI=1S/C37H70O5/c1-3-5-7-9-11-13-15-17-18-20-22-24-26-28-30-32-37(40)42-35(33-38)34-41-36(39)31-29-27-25-23-21-19-16-14-12-10-8-6-4-2/h17-18,35,38H,3-16,19-34H2,1-2H3/b18-17-. The van der Waals surface area contributed by atoms with Crippen LogP contribution in [0.1, 0.15) is 194 Å². The van der Waals surface area contributed by atoms with Gasteiger partial charge in [0.05, 0.1) is 6.61 Å². The minimum Gasteiger partial charge on any atom is -0.462 e. The van der Waals surface area contributed by atoms with E-state index in [4.69, 9.17) is 9.47 Å². The number of ether oxygens (including phenoxy) is 2. The summed E-state index contributed by atoms with van der Waals surface area (Å²) in [7, 11) is 0. The third-order valence-electron chi connectivity index (χ3n) is 8.06. The molecule has 5 heteroatoms. The van der Waals surface area contributed by atoms with Crippen LogP contribution in [0.25, 0.3) is 0 Å². The van der Waals surface area contributed by atoms with Crippen molar-refractivity contribution in [1.82, 2.24) is 0 Å². The lowest BCUT2D eigenvalue weighted by atomic mass is 10.0. The van der Waals surface area contributed by atoms with Crippen LogP contribution >= 0.6 is 0 Å². The van der Waals surface area contributed by atoms with Crippen LogP contribution in [0.3, 0.4) is 0 Å². The van der Waals surface area contributed by atoms with Gasteiger partial charge in [0.1, 0.15) is 6.61 Å². The molecule has 0 saturated heterocycles. The predicted octanol–water partition coefficient (Wildman–Crippen LogP) is 11.0. The first kappa shape index (κ1) is 40.6. The Balaban J connectivity index is 3.55. The Bertz CT molecular complexity index is 603. The van der Waals surface area contributed by atoms with Crippen molar-refractivity contribution < 1.29 is 24.2 Å². The molecule has 0 bridgehead atoms. The molecule has 0 aliphatic carbocycles. The Kier molecular flexibility index (Phi) is 33.0. The highest BCUT2D eigenvalue weighted by atomic mass is 16.6. The molecule has 0 aliphatic heterocycles. The molecule has 1 N–H and O–H groups in total. The van der Waals surface area contributed by atoms with Crippen LogP contribution < -0.4 is 0 Å². The van der Waals surface area contributed by atoms with Crippen molar-refractivity contribution in [3.63, 3.8) is 0 Å². The zero-order valence-corrected chi connectivity index (χ0v) is 28.0. The molecule has 1 atom stereocenters. The maximum atomic E-state index is 12.1. The van der Waals surface area contributed by atoms with Gasteiger partial charge in [-0.2, -0.15) is 0 Å². The van der Waals surface area contributed by atoms with E-state index < -0.39 is 6.10 Å². The van der Waals surface area contributed by atoms with Gasteiger partial charge in [-0.3, -0.25) is 9.59 Å². The lowest BCUT2D eigenvalue weighted by Crippen LogP contribution is -2.28. The van der Waals surface area contributed by atoms with Gasteiger partial charge >= 0.3 is 11.9 Å². The maximum absolute atomic E-state index is 12.1. The first-order valence-electron chi connectivity index (χ1n) is 18.2. The average Bonchev–Trinajstić information content (AvgIpc) is 2.99. The van der Waals surface area contributed by atoms with Crippen LogP contribution in [0.2, 0.25) is 0 Å². The quantitative estimate of drug-likeness (QED) is 0.0465. The smallest absolute Gasteiger partial charge is 0.306 e. The van der Waals surface area contributed by atoms with E-state index >= 15 is 0 Å². The van der Waals surface area contributed by atoms with Crippen molar-refractivity contribution in [2.45, 2.75) is 200 Å². The molecule has 0 radical (unpaired) electrons. The van der Waals surface area contributed by atoms with Gasteiger partial charge in [-0.05, 0) is 38.5 Å². The zero-order valence-electron chi connectivity index (χ0n) is 28.0. The average molecular weight is 595 g/mol. The number of aliphatic hydroxyl groups excluding tert-OH is 1. The van der Waals surface area contributed by atoms with Crippen LogP contribution in [-0.2, 0) is 19.1 Å². The van der Waals surface area contributed by atoms with Crippen molar-refractivity contribution in [3.8, 4) is 0 Å². The van der Waals surface area contributed by atoms with Gasteiger partial charge in [0.25, 0.3) is 0 Å². The number of allylic oxidation sites excluding steroid dienone is 2. The van der Waals surface area contributed by atoms with E-state index in [2.05, 4.69) is 26.0 Å². The highest BCUT2D eigenvalue weighted by molar-refractivity contribution is 5.70. The van der Waals surface area contributed by atoms with Crippen molar-refractivity contribution in [2.24, 2.45) is 0 Å². The Labute approximate surface area is 261 Å². The fraction of sp³-hybridized carbons (Fsp3) is 0.892. The monoisotopic (exact) mass is 595 g/mol. The molecule has 0 spiro atoms. The zero-order chi connectivity index (χ0) is 30.8. The van der Waals surface area contributed by atoms with E-state index in [9.17, 15) is 14.7 Å². The molecule has 0 aromatic heterocycles. The second-order valence-electron chi connectivity index (χ2n) is 12.3. The van der Waals surface area contributed by atoms with Crippen LogP contribution in [0.4, 0.5) is 0 Å². The highest BCUT2D eigenvalue weighted by Crippen LogP contribution is 2.14. The second-order valence-corrected chi connectivity index (χ2v) is 12.3. The maximum Gasteiger partial charge on any atom is 0.306 e. The summed E-state index contributed by atoms with van der Waals surface area (Å²) in [6, 6.07) is 0. The number of unbranched alkanes of at least 4 members (excludes halogenated alkanes) is 23. The van der Waals surface area contributed by atoms with E-state index in [0.29, 0.717) is 12.8 Å². The fourth-order valence-corrected chi connectivity index (χ4v) is 5.25. The lowest BCUT2D eigenvalue weighted by molar-refractivity contribution is -0.161. The molecule has 5 nitrogen and oxygen atoms in total. The fourth-order valence-electron chi connectivity index (χ4n) is 5.25. The molecular weight excluding hydrogens is 524 g/mol. The summed E-state index contributed by atoms with van der Waals surface area (Å²) in [5, 5.41) is 9.52. The van der Waals surface area contributed by atoms with Gasteiger partial charge in [0, 0.05) is 12.8 Å². The number of rotatable bonds is 33. The topological polar surface area (TPSA) is 72.8 Å². The van der Waals surface area contributed by atoms with E-state index in [1.54, 1.807) is 0 Å². The molecular formula is C37H70O5. The molecule has 0 amide bonds. The van der Waals surface area contributed by atoms with Gasteiger partial charge < -0.3 is 14.6 Å². The van der Waals surface area contributed by atoms with Crippen LogP contribution in [0.5, 0.6) is 0 Å². The third-order valence-corrected chi connectivity index (χ3v) is 8.06. The number of hydrogen-bond donors (Lipinski definition) is 1. The predicted molar refractivity (Wildman–Crippen MR) is 178 cm³/mol. The molecule has 0 fully saturated rings. The normalized spacial score (nSPS) is 12.2. The molecule has 42 heavy (non-hydrogen) atoms. The van der Waals surface area contributed by atoms with Crippen molar-refractivity contribution in [1.29, 1.82) is 0 Å². The summed E-state index contributed by atoms with van der Waals surface area (Å²) < 4.78 is 10.6. The molecule has 0 aliphatic rings. The Morgan fingerprint density at radius 1 is 0.524 bits per heavy atom. The van der Waals surface area contributed by atoms with Gasteiger partial charge in [-0.15, -0.1) is 0 Å². The minimum atomic E-state index is -0.767. The first-order valence-corrected chi connectivity index (χ1v) is 18.2. The van der Waals surface area contributed by atoms with Crippen molar-refractivity contribution in [3.05, 3.63) is 12.2 Å². The van der Waals surface area contributed by atoms with Gasteiger partial charge in [0.15, 0.2) is 6.10 Å². The van der Waals surface area contributed by atoms with E-state index in [0.717, 1.165) is 44.9 Å². The summed E-state index contributed by atoms with van der Waals surface area (Å²) in [6.07, 6.45) is 36.9. The number of hydrogen-bond acceptors (Lipinski definition) is 5. The number of carbonyl (C=O) groups excluding carboxylic acids is 2. The Hall–Kier alpha value is -1.36. The van der Waals surface area contributed by atoms with Crippen molar-refractivity contribution in [2.75, 3.05) is 13.2 Å². The molecule has 0 aromatic rings. The van der Waals surface area contributed by atoms with Gasteiger partial charge in [-0.1, -0.05) is 154 Å². The molecule has 0 aromatic carbocycles. The number of carbonyl (C=O) groups is 2. The van der Waals surface area contributed by atoms with Gasteiger partial charge in [-0.25, -0.2) is 0 Å². The van der Waals surface area contributed by atoms with Crippen molar-refractivity contribution >= 4 is 11.9 Å². The highest BCUT2D eigenvalue weighted by Gasteiger charge is 2.16. The summed E-state index contributed by atoms with van der Waals surface area (Å²) in [5.41, 5.74) is 0. The summed E-state index contributed by atoms with van der Waals surface area (Å²) in [4.78, 5) is 24.1. The first-order chi connectivity index (χ1) is 20.6. The number of esters is 2. The lowest BCUT2D eigenvalue weighted by Gasteiger charge is -2.15. The van der Waals surface area contributed by atoms with Crippen LogP contribution in [0, 0.1) is 0 Å². The Morgan fingerprint density at radius 2 is 0.881 bits per heavy atom. The summed E-state index contributed by atoms with van der Waals surface area (Å²) >= 11 is 0. The largest absolute Gasteiger partial charge is 0.462 e. The Morgan fingerprint density at radius 3 is 1.29 bits per heavy atom. The van der Waals surface area contributed by atoms with Crippen LogP contribution in [0.15, 0.2) is 12.2 Å².